The third-order valence-corrected chi connectivity index (χ3v) is 4.11. The predicted molar refractivity (Wildman–Crippen MR) is 101 cm³/mol. The topological polar surface area (TPSA) is 74.2 Å². The molecule has 1 amide bonds. The van der Waals surface area contributed by atoms with Gasteiger partial charge in [0.25, 0.3) is 5.91 Å². The average molecular weight is 350 g/mol. The van der Waals surface area contributed by atoms with Crippen molar-refractivity contribution in [1.82, 2.24) is 19.7 Å². The number of carbonyl (C=O) groups is 1. The van der Waals surface area contributed by atoms with Gasteiger partial charge in [0.15, 0.2) is 0 Å². The van der Waals surface area contributed by atoms with Gasteiger partial charge in [-0.15, -0.1) is 0 Å². The zero-order valence-corrected chi connectivity index (χ0v) is 14.7. The normalized spacial score (nSPS) is 11.2. The fraction of sp³-hybridized carbons (Fsp3) is 0.200. The second kappa shape index (κ2) is 8.31. The van der Waals surface area contributed by atoms with Crippen LogP contribution in [0.3, 0.4) is 0 Å². The number of carbonyl (C=O) groups excluding carboxylic acids is 1. The molecule has 1 aromatic carbocycles. The molecule has 26 heavy (non-hydrogen) atoms. The van der Waals surface area contributed by atoms with Crippen molar-refractivity contribution < 1.29 is 9.90 Å². The van der Waals surface area contributed by atoms with E-state index in [1.807, 2.05) is 72.4 Å². The number of hydrogen-bond donors (Lipinski definition) is 2. The highest BCUT2D eigenvalue weighted by molar-refractivity contribution is 5.93. The monoisotopic (exact) mass is 350 g/mol. The van der Waals surface area contributed by atoms with Crippen LogP contribution in [-0.2, 0) is 7.05 Å². The Labute approximate surface area is 152 Å². The minimum Gasteiger partial charge on any atom is -0.395 e. The Morgan fingerprint density at radius 1 is 1.27 bits per heavy atom. The molecule has 0 unspecified atom stereocenters. The molecule has 0 bridgehead atoms. The summed E-state index contributed by atoms with van der Waals surface area (Å²) in [6.45, 7) is 0.576. The highest BCUT2D eigenvalue weighted by Gasteiger charge is 2.18. The number of hydrogen-bond acceptors (Lipinski definition) is 3. The largest absolute Gasteiger partial charge is 0.395 e. The van der Waals surface area contributed by atoms with Crippen molar-refractivity contribution in [3.8, 4) is 11.4 Å². The third-order valence-electron chi connectivity index (χ3n) is 4.11. The molecule has 6 nitrogen and oxygen atoms in total. The lowest BCUT2D eigenvalue weighted by atomic mass is 10.2. The summed E-state index contributed by atoms with van der Waals surface area (Å²) in [5, 5.41) is 16.3. The molecule has 0 atom stereocenters. The average Bonchev–Trinajstić information content (AvgIpc) is 3.30. The standard InChI is InChI=1S/C20H22N4O2/c1-23-11-6-10-19(23)17-15-18(22-21-17)20(26)24(13-14-25)12-5-9-16-7-3-2-4-8-16/h2-11,15,25H,12-14H2,1H3,(H,21,22). The second-order valence-corrected chi connectivity index (χ2v) is 5.96. The molecule has 6 heteroatoms. The maximum atomic E-state index is 12.7. The van der Waals surface area contributed by atoms with Crippen LogP contribution in [0, 0.1) is 0 Å². The summed E-state index contributed by atoms with van der Waals surface area (Å²) >= 11 is 0. The van der Waals surface area contributed by atoms with E-state index in [0.29, 0.717) is 17.9 Å². The smallest absolute Gasteiger partial charge is 0.272 e. The molecule has 0 saturated carbocycles. The number of nitrogens with one attached hydrogen (secondary N) is 1. The van der Waals surface area contributed by atoms with Crippen molar-refractivity contribution in [2.45, 2.75) is 0 Å². The van der Waals surface area contributed by atoms with Gasteiger partial charge in [0.05, 0.1) is 12.3 Å². The molecule has 2 aromatic heterocycles. The highest BCUT2D eigenvalue weighted by Crippen LogP contribution is 2.18. The summed E-state index contributed by atoms with van der Waals surface area (Å²) in [6.07, 6.45) is 5.80. The Morgan fingerprint density at radius 3 is 2.77 bits per heavy atom. The van der Waals surface area contributed by atoms with Gasteiger partial charge < -0.3 is 14.6 Å². The predicted octanol–water partition coefficient (Wildman–Crippen LogP) is 2.56. The van der Waals surface area contributed by atoms with Crippen LogP contribution in [0.4, 0.5) is 0 Å². The van der Waals surface area contributed by atoms with Gasteiger partial charge in [0.1, 0.15) is 11.4 Å². The molecular weight excluding hydrogens is 328 g/mol. The molecule has 0 spiro atoms. The van der Waals surface area contributed by atoms with Crippen LogP contribution in [0.25, 0.3) is 17.5 Å². The number of benzene rings is 1. The summed E-state index contributed by atoms with van der Waals surface area (Å²) in [6, 6.07) is 15.5. The van der Waals surface area contributed by atoms with Gasteiger partial charge in [-0.2, -0.15) is 5.10 Å². The van der Waals surface area contributed by atoms with Crippen molar-refractivity contribution in [3.63, 3.8) is 0 Å². The maximum absolute atomic E-state index is 12.7. The van der Waals surface area contributed by atoms with Crippen LogP contribution in [0.2, 0.25) is 0 Å². The molecular formula is C20H22N4O2. The maximum Gasteiger partial charge on any atom is 0.272 e. The van der Waals surface area contributed by atoms with E-state index < -0.39 is 0 Å². The lowest BCUT2D eigenvalue weighted by Gasteiger charge is -2.19. The van der Waals surface area contributed by atoms with Gasteiger partial charge in [-0.1, -0.05) is 42.5 Å². The number of aryl methyl sites for hydroxylation is 1. The number of amides is 1. The fourth-order valence-corrected chi connectivity index (χ4v) is 2.74. The number of nitrogens with zero attached hydrogens (tertiary/aromatic N) is 3. The molecule has 0 aliphatic rings. The number of aliphatic hydroxyl groups excluding tert-OH is 1. The summed E-state index contributed by atoms with van der Waals surface area (Å²) in [5.41, 5.74) is 3.11. The molecule has 0 aliphatic heterocycles. The molecule has 0 radical (unpaired) electrons. The summed E-state index contributed by atoms with van der Waals surface area (Å²) in [5.74, 6) is -0.190. The third kappa shape index (κ3) is 4.10. The fourth-order valence-electron chi connectivity index (χ4n) is 2.74. The van der Waals surface area contributed by atoms with E-state index in [4.69, 9.17) is 0 Å². The van der Waals surface area contributed by atoms with Gasteiger partial charge in [0.2, 0.25) is 0 Å². The van der Waals surface area contributed by atoms with Crippen LogP contribution < -0.4 is 0 Å². The van der Waals surface area contributed by atoms with E-state index in [2.05, 4.69) is 10.2 Å². The van der Waals surface area contributed by atoms with Crippen LogP contribution in [-0.4, -0.2) is 50.4 Å². The molecule has 0 saturated heterocycles. The van der Waals surface area contributed by atoms with E-state index in [1.165, 1.54) is 0 Å². The number of H-pyrrole nitrogens is 1. The first-order valence-corrected chi connectivity index (χ1v) is 8.48. The van der Waals surface area contributed by atoms with Crippen LogP contribution >= 0.6 is 0 Å². The molecule has 2 heterocycles. The zero-order valence-electron chi connectivity index (χ0n) is 14.7. The van der Waals surface area contributed by atoms with Crippen molar-refractivity contribution in [2.24, 2.45) is 7.05 Å². The van der Waals surface area contributed by atoms with Crippen LogP contribution in [0.5, 0.6) is 0 Å². The minimum atomic E-state index is -0.190. The van der Waals surface area contributed by atoms with Gasteiger partial charge >= 0.3 is 0 Å². The second-order valence-electron chi connectivity index (χ2n) is 5.96. The first-order chi connectivity index (χ1) is 12.7. The summed E-state index contributed by atoms with van der Waals surface area (Å²) < 4.78 is 1.94. The summed E-state index contributed by atoms with van der Waals surface area (Å²) in [4.78, 5) is 14.3. The highest BCUT2D eigenvalue weighted by atomic mass is 16.3. The first kappa shape index (κ1) is 17.7. The van der Waals surface area contributed by atoms with E-state index in [-0.39, 0.29) is 19.1 Å². The first-order valence-electron chi connectivity index (χ1n) is 8.48. The zero-order chi connectivity index (χ0) is 18.4. The quantitative estimate of drug-likeness (QED) is 0.688. The van der Waals surface area contributed by atoms with Gasteiger partial charge in [0, 0.05) is 26.3 Å². The molecule has 0 aliphatic carbocycles. The van der Waals surface area contributed by atoms with Crippen molar-refractivity contribution in [3.05, 3.63) is 72.1 Å². The van der Waals surface area contributed by atoms with Crippen molar-refractivity contribution in [2.75, 3.05) is 19.7 Å². The van der Waals surface area contributed by atoms with E-state index in [1.54, 1.807) is 11.0 Å². The van der Waals surface area contributed by atoms with E-state index >= 15 is 0 Å². The van der Waals surface area contributed by atoms with Crippen molar-refractivity contribution >= 4 is 12.0 Å². The number of rotatable bonds is 7. The van der Waals surface area contributed by atoms with Gasteiger partial charge in [-0.05, 0) is 23.8 Å². The van der Waals surface area contributed by atoms with Crippen LogP contribution in [0.15, 0.2) is 60.8 Å². The Bertz CT molecular complexity index is 880. The molecule has 2 N–H and O–H groups in total. The van der Waals surface area contributed by atoms with E-state index in [0.717, 1.165) is 11.3 Å². The van der Waals surface area contributed by atoms with Gasteiger partial charge in [-0.3, -0.25) is 9.89 Å². The summed E-state index contributed by atoms with van der Waals surface area (Å²) in [7, 11) is 1.93. The number of aliphatic hydroxyl groups is 1. The molecule has 3 rings (SSSR count). The van der Waals surface area contributed by atoms with Crippen molar-refractivity contribution in [1.29, 1.82) is 0 Å². The number of aromatic amines is 1. The Morgan fingerprint density at radius 2 is 2.08 bits per heavy atom. The molecule has 0 fully saturated rings. The Kier molecular flexibility index (Phi) is 5.66. The van der Waals surface area contributed by atoms with Crippen LogP contribution in [0.1, 0.15) is 16.1 Å². The van der Waals surface area contributed by atoms with E-state index in [9.17, 15) is 9.90 Å². The molecule has 3 aromatic rings. The molecule has 134 valence electrons. The number of aromatic nitrogens is 3. The lowest BCUT2D eigenvalue weighted by molar-refractivity contribution is 0.0737. The Hall–Kier alpha value is -3.12. The SMILES string of the molecule is Cn1cccc1-c1cc(C(=O)N(CC=Cc2ccccc2)CCO)[nH]n1. The lowest BCUT2D eigenvalue weighted by Crippen LogP contribution is -2.34. The Balaban J connectivity index is 1.71. The van der Waals surface area contributed by atoms with Gasteiger partial charge in [-0.25, -0.2) is 0 Å². The minimum absolute atomic E-state index is 0.0935.